The summed E-state index contributed by atoms with van der Waals surface area (Å²) in [6, 6.07) is 0. The van der Waals surface area contributed by atoms with E-state index in [-0.39, 0.29) is 42.4 Å². The van der Waals surface area contributed by atoms with E-state index in [2.05, 4.69) is 0 Å². The van der Waals surface area contributed by atoms with Crippen molar-refractivity contribution in [1.29, 1.82) is 0 Å². The van der Waals surface area contributed by atoms with Gasteiger partial charge in [-0.15, -0.1) is 0 Å². The SMILES string of the molecule is [13CH3][13CH2]C(=O)O.[13CH3][13CH2][13C](=O)[O-].[Na+]. The fourth-order valence-corrected chi connectivity index (χ4v) is 0. The molecule has 0 aromatic rings. The number of carboxylic acids is 2. The Labute approximate surface area is 87.9 Å². The number of carbonyl (C=O) groups is 2. The predicted molar refractivity (Wildman–Crippen MR) is 33.2 cm³/mol. The Balaban J connectivity index is -0.000000107. The van der Waals surface area contributed by atoms with E-state index in [0.29, 0.717) is 0 Å². The maximum atomic E-state index is 9.37. The Morgan fingerprint density at radius 2 is 1.45 bits per heavy atom. The first-order valence-corrected chi connectivity index (χ1v) is 2.96. The molecule has 1 N–H and O–H groups in total. The third kappa shape index (κ3) is 40.4. The summed E-state index contributed by atoms with van der Waals surface area (Å²) in [6.45, 7) is 3.14. The van der Waals surface area contributed by atoms with Gasteiger partial charge in [-0.05, 0) is 6.42 Å². The fourth-order valence-electron chi connectivity index (χ4n) is 0. The quantitative estimate of drug-likeness (QED) is 0.351. The zero-order chi connectivity index (χ0) is 8.57. The van der Waals surface area contributed by atoms with E-state index in [9.17, 15) is 14.7 Å². The fraction of sp³-hybridized carbons (Fsp3) is 0.667. The summed E-state index contributed by atoms with van der Waals surface area (Å²) in [4.78, 5) is 18.6. The second-order valence-electron chi connectivity index (χ2n) is 1.47. The average Bonchev–Trinajstić information content (AvgIpc) is 1.89. The molecule has 60 valence electrons. The standard InChI is InChI=1S/2C3H6O2.Na/c2*1-2-3(4)5;/h2*2H2,1H3,(H,4,5);/q;;+1/p-1/i1+1,2+1,3+1;1+1,2+1;. The molecule has 0 aliphatic carbocycles. The van der Waals surface area contributed by atoms with Crippen LogP contribution < -0.4 is 34.7 Å². The van der Waals surface area contributed by atoms with Crippen LogP contribution in [0.5, 0.6) is 0 Å². The number of hydrogen-bond donors (Lipinski definition) is 1. The number of hydrogen-bond acceptors (Lipinski definition) is 3. The molecule has 0 saturated heterocycles. The van der Waals surface area contributed by atoms with Crippen LogP contribution in [0.15, 0.2) is 0 Å². The molecule has 0 fully saturated rings. The minimum atomic E-state index is -0.995. The van der Waals surface area contributed by atoms with Crippen molar-refractivity contribution in [2.45, 2.75) is 26.7 Å². The van der Waals surface area contributed by atoms with Crippen LogP contribution in [0.25, 0.3) is 0 Å². The Morgan fingerprint density at radius 3 is 1.45 bits per heavy atom. The summed E-state index contributed by atoms with van der Waals surface area (Å²) in [6.07, 6.45) is 0.333. The molecule has 0 aromatic carbocycles. The molecular weight excluding hydrogens is 164 g/mol. The van der Waals surface area contributed by atoms with Crippen LogP contribution in [0, 0.1) is 0 Å². The average molecular weight is 175 g/mol. The van der Waals surface area contributed by atoms with E-state index in [1.165, 1.54) is 6.92 Å². The van der Waals surface area contributed by atoms with Crippen molar-refractivity contribution in [1.82, 2.24) is 0 Å². The third-order valence-corrected chi connectivity index (χ3v) is 0.591. The molecule has 0 atom stereocenters. The second-order valence-corrected chi connectivity index (χ2v) is 1.47. The van der Waals surface area contributed by atoms with Crippen LogP contribution in [-0.2, 0) is 9.59 Å². The third-order valence-electron chi connectivity index (χ3n) is 0.591. The molecule has 5 heteroatoms. The van der Waals surface area contributed by atoms with Gasteiger partial charge in [0.25, 0.3) is 0 Å². The van der Waals surface area contributed by atoms with Crippen LogP contribution in [0.1, 0.15) is 26.7 Å². The molecule has 0 aliphatic rings. The molecule has 4 nitrogen and oxygen atoms in total. The van der Waals surface area contributed by atoms with E-state index in [1.807, 2.05) is 0 Å². The summed E-state index contributed by atoms with van der Waals surface area (Å²) in [5.41, 5.74) is 0. The topological polar surface area (TPSA) is 77.4 Å². The largest absolute Gasteiger partial charge is 1.00 e. The van der Waals surface area contributed by atoms with Crippen LogP contribution in [0.3, 0.4) is 0 Å². The molecule has 0 bridgehead atoms. The molecule has 11 heavy (non-hydrogen) atoms. The Morgan fingerprint density at radius 1 is 1.27 bits per heavy atom. The number of carboxylic acid groups (broad SMARTS) is 2. The van der Waals surface area contributed by atoms with Crippen molar-refractivity contribution < 1.29 is 49.4 Å². The summed E-state index contributed by atoms with van der Waals surface area (Å²) in [5.74, 6) is -1.74. The van der Waals surface area contributed by atoms with Gasteiger partial charge in [0.15, 0.2) is 0 Å². The molecule has 0 radical (unpaired) electrons. The van der Waals surface area contributed by atoms with Crippen LogP contribution >= 0.6 is 0 Å². The summed E-state index contributed by atoms with van der Waals surface area (Å²) in [5, 5.41) is 17.0. The molecular formula is C6H11NaO4. The number of rotatable bonds is 2. The summed E-state index contributed by atoms with van der Waals surface area (Å²) < 4.78 is 0. The Kier molecular flexibility index (Phi) is 19.6. The molecule has 0 unspecified atom stereocenters. The molecule has 0 aliphatic heterocycles. The Hall–Kier alpha value is -0.0600. The number of carbonyl (C=O) groups excluding carboxylic acids is 1. The monoisotopic (exact) mass is 175 g/mol. The first-order valence-electron chi connectivity index (χ1n) is 2.96. The van der Waals surface area contributed by atoms with E-state index in [4.69, 9.17) is 5.11 Å². The van der Waals surface area contributed by atoms with Gasteiger partial charge in [0.2, 0.25) is 0 Å². The van der Waals surface area contributed by atoms with Crippen molar-refractivity contribution in [3.8, 4) is 0 Å². The second kappa shape index (κ2) is 12.6. The van der Waals surface area contributed by atoms with Gasteiger partial charge in [-0.3, -0.25) is 4.79 Å². The maximum absolute atomic E-state index is 9.37. The van der Waals surface area contributed by atoms with Crippen molar-refractivity contribution in [3.63, 3.8) is 0 Å². The normalized spacial score (nSPS) is 6.73. The zero-order valence-electron chi connectivity index (χ0n) is 7.09. The minimum Gasteiger partial charge on any atom is -0.550 e. The molecule has 0 amide bonds. The van der Waals surface area contributed by atoms with Gasteiger partial charge in [0.05, 0.1) is 0 Å². The summed E-state index contributed by atoms with van der Waals surface area (Å²) >= 11 is 0. The van der Waals surface area contributed by atoms with Gasteiger partial charge in [0.1, 0.15) is 0 Å². The zero-order valence-corrected chi connectivity index (χ0v) is 9.09. The minimum absolute atomic E-state index is 0. The van der Waals surface area contributed by atoms with E-state index >= 15 is 0 Å². The first kappa shape index (κ1) is 17.1. The first-order chi connectivity index (χ1) is 4.54. The smallest absolute Gasteiger partial charge is 0.550 e. The van der Waals surface area contributed by atoms with Crippen molar-refractivity contribution in [2.75, 3.05) is 0 Å². The molecule has 0 spiro atoms. The van der Waals surface area contributed by atoms with Gasteiger partial charge < -0.3 is 15.0 Å². The van der Waals surface area contributed by atoms with E-state index in [0.717, 1.165) is 0 Å². The molecule has 0 rings (SSSR count). The molecule has 0 saturated carbocycles. The Bertz CT molecular complexity index is 99.1. The van der Waals surface area contributed by atoms with Gasteiger partial charge >= 0.3 is 35.5 Å². The van der Waals surface area contributed by atoms with Crippen molar-refractivity contribution in [3.05, 3.63) is 0 Å². The van der Waals surface area contributed by atoms with E-state index in [1.54, 1.807) is 6.92 Å². The number of aliphatic carboxylic acids is 2. The van der Waals surface area contributed by atoms with Crippen LogP contribution in [0.2, 0.25) is 0 Å². The van der Waals surface area contributed by atoms with Crippen molar-refractivity contribution in [2.24, 2.45) is 0 Å². The molecule has 0 heterocycles. The maximum Gasteiger partial charge on any atom is 1.00 e. The summed E-state index contributed by atoms with van der Waals surface area (Å²) in [7, 11) is 0. The van der Waals surface area contributed by atoms with Gasteiger partial charge in [-0.25, -0.2) is 0 Å². The van der Waals surface area contributed by atoms with Gasteiger partial charge in [0, 0.05) is 12.4 Å². The van der Waals surface area contributed by atoms with Gasteiger partial charge in [-0.1, -0.05) is 13.8 Å². The van der Waals surface area contributed by atoms with Crippen LogP contribution in [-0.4, -0.2) is 17.0 Å². The van der Waals surface area contributed by atoms with Crippen LogP contribution in [0.4, 0.5) is 0 Å². The van der Waals surface area contributed by atoms with Crippen molar-refractivity contribution >= 4 is 11.9 Å². The molecule has 0 aromatic heterocycles. The van der Waals surface area contributed by atoms with Gasteiger partial charge in [-0.2, -0.15) is 0 Å². The van der Waals surface area contributed by atoms with E-state index < -0.39 is 11.9 Å². The predicted octanol–water partition coefficient (Wildman–Crippen LogP) is -3.37.